The number of fused-ring (bicyclic) bond motifs is 1. The summed E-state index contributed by atoms with van der Waals surface area (Å²) in [5.74, 6) is 0.0224. The maximum Gasteiger partial charge on any atom is 0.261 e. The number of aryl methyl sites for hydroxylation is 1. The van der Waals surface area contributed by atoms with Crippen molar-refractivity contribution >= 4 is 67.5 Å². The molecule has 4 rings (SSSR count). The van der Waals surface area contributed by atoms with Gasteiger partial charge in [0, 0.05) is 4.47 Å². The Labute approximate surface area is 221 Å². The highest BCUT2D eigenvalue weighted by atomic mass is 79.9. The van der Waals surface area contributed by atoms with E-state index in [1.807, 2.05) is 12.1 Å². The molecular formula is C25H23BrClN5O2S. The number of aromatic nitrogens is 3. The minimum atomic E-state index is -0.411. The zero-order valence-electron chi connectivity index (χ0n) is 19.1. The van der Waals surface area contributed by atoms with Crippen LogP contribution in [0.1, 0.15) is 35.7 Å². The summed E-state index contributed by atoms with van der Waals surface area (Å²) >= 11 is 15.2. The summed E-state index contributed by atoms with van der Waals surface area (Å²) in [6, 6.07) is 16.8. The Morgan fingerprint density at radius 3 is 2.51 bits per heavy atom. The van der Waals surface area contributed by atoms with E-state index in [4.69, 9.17) is 28.6 Å². The van der Waals surface area contributed by atoms with Crippen LogP contribution in [0.2, 0.25) is 5.02 Å². The number of halogens is 2. The molecule has 0 spiro atoms. The number of anilines is 1. The molecule has 7 nitrogen and oxygen atoms in total. The highest BCUT2D eigenvalue weighted by molar-refractivity contribution is 9.10. The van der Waals surface area contributed by atoms with Crippen molar-refractivity contribution < 1.29 is 9.53 Å². The number of rotatable bonds is 7. The zero-order chi connectivity index (χ0) is 24.9. The van der Waals surface area contributed by atoms with Gasteiger partial charge in [-0.05, 0) is 73.1 Å². The Morgan fingerprint density at radius 2 is 1.83 bits per heavy atom. The van der Waals surface area contributed by atoms with Gasteiger partial charge in [0.2, 0.25) is 0 Å². The van der Waals surface area contributed by atoms with Crippen LogP contribution >= 0.6 is 39.7 Å². The predicted molar refractivity (Wildman–Crippen MR) is 147 cm³/mol. The normalized spacial score (nSPS) is 10.9. The first kappa shape index (κ1) is 25.1. The Hall–Kier alpha value is -3.01. The summed E-state index contributed by atoms with van der Waals surface area (Å²) in [4.78, 5) is 14.3. The molecule has 35 heavy (non-hydrogen) atoms. The van der Waals surface area contributed by atoms with Crippen LogP contribution in [0.3, 0.4) is 0 Å². The molecule has 0 fully saturated rings. The van der Waals surface area contributed by atoms with E-state index < -0.39 is 5.91 Å². The lowest BCUT2D eigenvalue weighted by Gasteiger charge is -2.12. The smallest absolute Gasteiger partial charge is 0.261 e. The average Bonchev–Trinajstić information content (AvgIpc) is 3.25. The van der Waals surface area contributed by atoms with Crippen LogP contribution in [-0.4, -0.2) is 33.1 Å². The molecule has 0 saturated carbocycles. The molecular weight excluding hydrogens is 550 g/mol. The molecule has 0 saturated heterocycles. The van der Waals surface area contributed by atoms with Gasteiger partial charge in [-0.2, -0.15) is 4.80 Å². The fourth-order valence-electron chi connectivity index (χ4n) is 3.51. The minimum absolute atomic E-state index is 0.0911. The molecule has 0 atom stereocenters. The van der Waals surface area contributed by atoms with E-state index in [-0.39, 0.29) is 5.11 Å². The number of carbonyl (C=O) groups excluding carboxylic acids is 1. The maximum atomic E-state index is 12.7. The summed E-state index contributed by atoms with van der Waals surface area (Å²) in [6.07, 6.45) is 3.38. The van der Waals surface area contributed by atoms with E-state index >= 15 is 0 Å². The fourth-order valence-corrected chi connectivity index (χ4v) is 4.28. The molecule has 180 valence electrons. The molecule has 4 aromatic rings. The Balaban J connectivity index is 1.50. The van der Waals surface area contributed by atoms with Gasteiger partial charge in [0.25, 0.3) is 5.91 Å². The van der Waals surface area contributed by atoms with Crippen molar-refractivity contribution in [2.24, 2.45) is 0 Å². The number of unbranched alkanes of at least 4 members (excludes halogenated alkanes) is 1. The van der Waals surface area contributed by atoms with Crippen molar-refractivity contribution in [1.29, 1.82) is 0 Å². The van der Waals surface area contributed by atoms with Crippen LogP contribution < -0.4 is 15.4 Å². The largest absolute Gasteiger partial charge is 0.496 e. The molecule has 1 aromatic heterocycles. The van der Waals surface area contributed by atoms with E-state index in [1.165, 1.54) is 12.7 Å². The van der Waals surface area contributed by atoms with Crippen LogP contribution in [0, 0.1) is 0 Å². The summed E-state index contributed by atoms with van der Waals surface area (Å²) in [5, 5.41) is 15.2. The van der Waals surface area contributed by atoms with E-state index in [1.54, 1.807) is 35.1 Å². The SMILES string of the molecule is CCCCc1ccc(-n2nc3cc(Cl)c(NC(=S)NC(=O)c4cc(Br)ccc4OC)cc3n2)cc1. The quantitative estimate of drug-likeness (QED) is 0.253. The molecule has 0 unspecified atom stereocenters. The van der Waals surface area contributed by atoms with Crippen molar-refractivity contribution in [3.63, 3.8) is 0 Å². The van der Waals surface area contributed by atoms with Crippen molar-refractivity contribution in [2.75, 3.05) is 12.4 Å². The van der Waals surface area contributed by atoms with Gasteiger partial charge in [-0.1, -0.05) is 53.0 Å². The number of hydrogen-bond donors (Lipinski definition) is 2. The van der Waals surface area contributed by atoms with Gasteiger partial charge in [-0.3, -0.25) is 10.1 Å². The van der Waals surface area contributed by atoms with Gasteiger partial charge in [-0.15, -0.1) is 10.2 Å². The van der Waals surface area contributed by atoms with E-state index in [0.29, 0.717) is 33.1 Å². The molecule has 0 aliphatic heterocycles. The number of methoxy groups -OCH3 is 1. The van der Waals surface area contributed by atoms with Gasteiger partial charge in [0.15, 0.2) is 5.11 Å². The standard InChI is InChI=1S/C25H23BrClN5O2S/c1-3-4-5-15-6-9-17(10-7-15)32-30-21-13-19(27)20(14-22(21)31-32)28-25(35)29-24(33)18-12-16(26)8-11-23(18)34-2/h6-14H,3-5H2,1-2H3,(H2,28,29,33,35). The van der Waals surface area contributed by atoms with Crippen molar-refractivity contribution in [1.82, 2.24) is 20.3 Å². The zero-order valence-corrected chi connectivity index (χ0v) is 22.3. The third kappa shape index (κ3) is 5.98. The molecule has 0 radical (unpaired) electrons. The van der Waals surface area contributed by atoms with Crippen molar-refractivity contribution in [3.8, 4) is 11.4 Å². The molecule has 2 N–H and O–H groups in total. The van der Waals surface area contributed by atoms with Gasteiger partial charge in [0.1, 0.15) is 16.8 Å². The monoisotopic (exact) mass is 571 g/mol. The number of nitrogens with zero attached hydrogens (tertiary/aromatic N) is 3. The van der Waals surface area contributed by atoms with Crippen LogP contribution in [0.4, 0.5) is 5.69 Å². The first-order valence-corrected chi connectivity index (χ1v) is 12.6. The van der Waals surface area contributed by atoms with Crippen molar-refractivity contribution in [2.45, 2.75) is 26.2 Å². The molecule has 1 amide bonds. The second-order valence-electron chi connectivity index (χ2n) is 7.83. The van der Waals surface area contributed by atoms with Gasteiger partial charge >= 0.3 is 0 Å². The maximum absolute atomic E-state index is 12.7. The Bertz CT molecular complexity index is 1390. The minimum Gasteiger partial charge on any atom is -0.496 e. The molecule has 0 bridgehead atoms. The predicted octanol–water partition coefficient (Wildman–Crippen LogP) is 6.31. The average molecular weight is 573 g/mol. The lowest BCUT2D eigenvalue weighted by Crippen LogP contribution is -2.34. The van der Waals surface area contributed by atoms with E-state index in [0.717, 1.165) is 29.4 Å². The Morgan fingerprint density at radius 1 is 1.11 bits per heavy atom. The molecule has 0 aliphatic rings. The molecule has 1 heterocycles. The summed E-state index contributed by atoms with van der Waals surface area (Å²) in [7, 11) is 1.50. The topological polar surface area (TPSA) is 81.1 Å². The van der Waals surface area contributed by atoms with Gasteiger partial charge in [-0.25, -0.2) is 0 Å². The number of benzene rings is 3. The van der Waals surface area contributed by atoms with Crippen LogP contribution in [-0.2, 0) is 6.42 Å². The second-order valence-corrected chi connectivity index (χ2v) is 9.56. The van der Waals surface area contributed by atoms with E-state index in [2.05, 4.69) is 55.8 Å². The first-order chi connectivity index (χ1) is 16.9. The highest BCUT2D eigenvalue weighted by Gasteiger charge is 2.16. The number of ether oxygens (including phenoxy) is 1. The lowest BCUT2D eigenvalue weighted by atomic mass is 10.1. The molecule has 0 aliphatic carbocycles. The van der Waals surface area contributed by atoms with Crippen LogP contribution in [0.5, 0.6) is 5.75 Å². The fraction of sp³-hybridized carbons (Fsp3) is 0.200. The number of nitrogens with one attached hydrogen (secondary N) is 2. The number of carbonyl (C=O) groups is 1. The first-order valence-electron chi connectivity index (χ1n) is 11.0. The highest BCUT2D eigenvalue weighted by Crippen LogP contribution is 2.27. The summed E-state index contributed by atoms with van der Waals surface area (Å²) in [5.41, 5.74) is 4.28. The lowest BCUT2D eigenvalue weighted by molar-refractivity contribution is 0.0974. The third-order valence-corrected chi connectivity index (χ3v) is 6.35. The summed E-state index contributed by atoms with van der Waals surface area (Å²) in [6.45, 7) is 2.18. The molecule has 3 aromatic carbocycles. The van der Waals surface area contributed by atoms with E-state index in [9.17, 15) is 4.79 Å². The van der Waals surface area contributed by atoms with Gasteiger partial charge < -0.3 is 10.1 Å². The second kappa shape index (κ2) is 11.2. The van der Waals surface area contributed by atoms with Crippen molar-refractivity contribution in [3.05, 3.63) is 75.2 Å². The molecule has 10 heteroatoms. The number of amides is 1. The van der Waals surface area contributed by atoms with Crippen LogP contribution in [0.25, 0.3) is 16.7 Å². The Kier molecular flexibility index (Phi) is 8.00. The van der Waals surface area contributed by atoms with Gasteiger partial charge in [0.05, 0.1) is 29.1 Å². The van der Waals surface area contributed by atoms with Crippen LogP contribution in [0.15, 0.2) is 59.1 Å². The third-order valence-electron chi connectivity index (χ3n) is 5.34. The summed E-state index contributed by atoms with van der Waals surface area (Å²) < 4.78 is 6.01. The number of hydrogen-bond acceptors (Lipinski definition) is 5. The number of thiocarbonyl (C=S) groups is 1.